The minimum absolute atomic E-state index is 0.0260. The Morgan fingerprint density at radius 2 is 1.60 bits per heavy atom. The summed E-state index contributed by atoms with van der Waals surface area (Å²) in [4.78, 5) is 24.9. The Kier molecular flexibility index (Phi) is 4.33. The van der Waals surface area contributed by atoms with Crippen LogP contribution in [-0.4, -0.2) is 67.0 Å². The summed E-state index contributed by atoms with van der Waals surface area (Å²) in [7, 11) is -3.20. The number of carboxylic acid groups (broad SMARTS) is 1. The molecule has 0 radical (unpaired) electrons. The van der Waals surface area contributed by atoms with Gasteiger partial charge in [0.15, 0.2) is 0 Å². The number of carbonyl (C=O) groups is 2. The molecular weight excluding hydrogens is 284 g/mol. The normalized spacial score (nSPS) is 28.6. The molecule has 1 aliphatic carbocycles. The predicted octanol–water partition coefficient (Wildman–Crippen LogP) is -0.409. The van der Waals surface area contributed by atoms with Crippen LogP contribution in [0.2, 0.25) is 0 Å². The molecule has 0 spiro atoms. The summed E-state index contributed by atoms with van der Waals surface area (Å²) >= 11 is 0. The van der Waals surface area contributed by atoms with Gasteiger partial charge in [-0.2, -0.15) is 4.31 Å². The van der Waals surface area contributed by atoms with E-state index in [9.17, 15) is 18.0 Å². The Morgan fingerprint density at radius 1 is 1.05 bits per heavy atom. The second kappa shape index (κ2) is 5.69. The number of piperazine rings is 1. The van der Waals surface area contributed by atoms with Gasteiger partial charge in [-0.15, -0.1) is 0 Å². The summed E-state index contributed by atoms with van der Waals surface area (Å²) in [6.07, 6.45) is 2.73. The smallest absolute Gasteiger partial charge is 0.306 e. The van der Waals surface area contributed by atoms with Gasteiger partial charge in [0.25, 0.3) is 0 Å². The van der Waals surface area contributed by atoms with Crippen LogP contribution in [0.4, 0.5) is 0 Å². The van der Waals surface area contributed by atoms with E-state index in [1.165, 1.54) is 10.6 Å². The molecule has 20 heavy (non-hydrogen) atoms. The lowest BCUT2D eigenvalue weighted by Gasteiger charge is -2.34. The van der Waals surface area contributed by atoms with E-state index in [1.807, 2.05) is 0 Å². The number of carboxylic acids is 1. The largest absolute Gasteiger partial charge is 0.481 e. The molecule has 1 saturated heterocycles. The monoisotopic (exact) mass is 304 g/mol. The van der Waals surface area contributed by atoms with E-state index in [4.69, 9.17) is 5.11 Å². The molecular formula is C12H20N2O5S. The van der Waals surface area contributed by atoms with Gasteiger partial charge in [0, 0.05) is 32.1 Å². The van der Waals surface area contributed by atoms with Crippen LogP contribution in [-0.2, 0) is 19.6 Å². The minimum atomic E-state index is -3.20. The number of nitrogens with zero attached hydrogens (tertiary/aromatic N) is 2. The van der Waals surface area contributed by atoms with E-state index in [0.717, 1.165) is 0 Å². The fourth-order valence-corrected chi connectivity index (χ4v) is 3.76. The van der Waals surface area contributed by atoms with Crippen molar-refractivity contribution in [2.45, 2.75) is 19.3 Å². The van der Waals surface area contributed by atoms with Crippen molar-refractivity contribution in [1.29, 1.82) is 0 Å². The van der Waals surface area contributed by atoms with E-state index in [1.54, 1.807) is 4.90 Å². The highest BCUT2D eigenvalue weighted by molar-refractivity contribution is 7.88. The standard InChI is InChI=1S/C12H20N2O5S/c1-20(18,19)14-6-4-13(5-7-14)11(15)9-2-3-10(8-9)12(16)17/h9-10H,2-8H2,1H3,(H,16,17)/t9-,10+/m1/s1. The Labute approximate surface area is 118 Å². The fourth-order valence-electron chi connectivity index (χ4n) is 2.93. The zero-order valence-electron chi connectivity index (χ0n) is 11.5. The third kappa shape index (κ3) is 3.29. The molecule has 7 nitrogen and oxygen atoms in total. The van der Waals surface area contributed by atoms with Gasteiger partial charge in [-0.1, -0.05) is 0 Å². The fraction of sp³-hybridized carbons (Fsp3) is 0.833. The molecule has 2 aliphatic rings. The molecule has 0 bridgehead atoms. The molecule has 1 aliphatic heterocycles. The van der Waals surface area contributed by atoms with Crippen LogP contribution >= 0.6 is 0 Å². The van der Waals surface area contributed by atoms with Crippen LogP contribution in [0.25, 0.3) is 0 Å². The summed E-state index contributed by atoms with van der Waals surface area (Å²) in [5.41, 5.74) is 0. The van der Waals surface area contributed by atoms with Crippen LogP contribution in [0.3, 0.4) is 0 Å². The van der Waals surface area contributed by atoms with Crippen LogP contribution in [0.15, 0.2) is 0 Å². The molecule has 0 unspecified atom stereocenters. The molecule has 8 heteroatoms. The summed E-state index contributed by atoms with van der Waals surface area (Å²) in [5, 5.41) is 8.95. The lowest BCUT2D eigenvalue weighted by atomic mass is 10.0. The Bertz CT molecular complexity index is 496. The van der Waals surface area contributed by atoms with Crippen molar-refractivity contribution in [3.05, 3.63) is 0 Å². The molecule has 2 fully saturated rings. The molecule has 1 heterocycles. The lowest BCUT2D eigenvalue weighted by molar-refractivity contribution is -0.141. The lowest BCUT2D eigenvalue weighted by Crippen LogP contribution is -2.51. The SMILES string of the molecule is CS(=O)(=O)N1CCN(C(=O)[C@@H]2CC[C@H](C(=O)O)C2)CC1. The molecule has 1 saturated carbocycles. The first-order valence-corrected chi connectivity index (χ1v) is 8.60. The number of hydrogen-bond acceptors (Lipinski definition) is 4. The number of sulfonamides is 1. The third-order valence-electron chi connectivity index (χ3n) is 4.15. The molecule has 0 aromatic carbocycles. The first-order chi connectivity index (χ1) is 9.29. The first kappa shape index (κ1) is 15.2. The maximum atomic E-state index is 12.3. The van der Waals surface area contributed by atoms with Crippen molar-refractivity contribution in [2.24, 2.45) is 11.8 Å². The van der Waals surface area contributed by atoms with Crippen molar-refractivity contribution in [1.82, 2.24) is 9.21 Å². The average Bonchev–Trinajstić information content (AvgIpc) is 2.86. The summed E-state index contributed by atoms with van der Waals surface area (Å²) in [6, 6.07) is 0. The van der Waals surface area contributed by atoms with Gasteiger partial charge in [-0.3, -0.25) is 9.59 Å². The second-order valence-corrected chi connectivity index (χ2v) is 7.51. The van der Waals surface area contributed by atoms with E-state index in [0.29, 0.717) is 45.4 Å². The van der Waals surface area contributed by atoms with Gasteiger partial charge in [0.1, 0.15) is 0 Å². The molecule has 2 rings (SSSR count). The maximum Gasteiger partial charge on any atom is 0.306 e. The van der Waals surface area contributed by atoms with Crippen LogP contribution in [0.1, 0.15) is 19.3 Å². The molecule has 1 N–H and O–H groups in total. The molecule has 1 amide bonds. The highest BCUT2D eigenvalue weighted by Crippen LogP contribution is 2.32. The number of amides is 1. The molecule has 0 aromatic heterocycles. The van der Waals surface area contributed by atoms with Crippen molar-refractivity contribution < 1.29 is 23.1 Å². The number of hydrogen-bond donors (Lipinski definition) is 1. The van der Waals surface area contributed by atoms with Crippen molar-refractivity contribution in [3.8, 4) is 0 Å². The van der Waals surface area contributed by atoms with E-state index in [2.05, 4.69) is 0 Å². The number of carbonyl (C=O) groups excluding carboxylic acids is 1. The zero-order valence-corrected chi connectivity index (χ0v) is 12.3. The summed E-state index contributed by atoms with van der Waals surface area (Å²) < 4.78 is 24.2. The van der Waals surface area contributed by atoms with Gasteiger partial charge >= 0.3 is 5.97 Å². The highest BCUT2D eigenvalue weighted by atomic mass is 32.2. The summed E-state index contributed by atoms with van der Waals surface area (Å²) in [6.45, 7) is 1.42. The van der Waals surface area contributed by atoms with Crippen molar-refractivity contribution in [2.75, 3.05) is 32.4 Å². The Morgan fingerprint density at radius 3 is 2.05 bits per heavy atom. The Balaban J connectivity index is 1.88. The van der Waals surface area contributed by atoms with Gasteiger partial charge in [-0.05, 0) is 19.3 Å². The van der Waals surface area contributed by atoms with E-state index < -0.39 is 21.9 Å². The average molecular weight is 304 g/mol. The topological polar surface area (TPSA) is 95.0 Å². The molecule has 114 valence electrons. The minimum Gasteiger partial charge on any atom is -0.481 e. The van der Waals surface area contributed by atoms with Crippen molar-refractivity contribution in [3.63, 3.8) is 0 Å². The van der Waals surface area contributed by atoms with Crippen LogP contribution < -0.4 is 0 Å². The van der Waals surface area contributed by atoms with E-state index in [-0.39, 0.29) is 11.8 Å². The number of rotatable bonds is 3. The quantitative estimate of drug-likeness (QED) is 0.765. The molecule has 0 aromatic rings. The third-order valence-corrected chi connectivity index (χ3v) is 5.45. The second-order valence-electron chi connectivity index (χ2n) is 5.53. The van der Waals surface area contributed by atoms with Gasteiger partial charge in [0.2, 0.25) is 15.9 Å². The molecule has 2 atom stereocenters. The van der Waals surface area contributed by atoms with Gasteiger partial charge in [-0.25, -0.2) is 8.42 Å². The van der Waals surface area contributed by atoms with Gasteiger partial charge < -0.3 is 10.0 Å². The maximum absolute atomic E-state index is 12.3. The predicted molar refractivity (Wildman–Crippen MR) is 71.5 cm³/mol. The zero-order chi connectivity index (χ0) is 14.9. The van der Waals surface area contributed by atoms with Gasteiger partial charge in [0.05, 0.1) is 12.2 Å². The Hall–Kier alpha value is -1.15. The summed E-state index contributed by atoms with van der Waals surface area (Å²) in [5.74, 6) is -1.49. The number of aliphatic carboxylic acids is 1. The van der Waals surface area contributed by atoms with Crippen LogP contribution in [0, 0.1) is 11.8 Å². The van der Waals surface area contributed by atoms with Crippen molar-refractivity contribution >= 4 is 21.9 Å². The first-order valence-electron chi connectivity index (χ1n) is 6.75. The van der Waals surface area contributed by atoms with Crippen LogP contribution in [0.5, 0.6) is 0 Å². The highest BCUT2D eigenvalue weighted by Gasteiger charge is 2.37. The van der Waals surface area contributed by atoms with E-state index >= 15 is 0 Å².